The van der Waals surface area contributed by atoms with E-state index in [0.717, 1.165) is 22.4 Å². The van der Waals surface area contributed by atoms with Crippen molar-refractivity contribution in [2.45, 2.75) is 26.3 Å². The number of terminal acetylenes is 3. The minimum atomic E-state index is -3.32. The van der Waals surface area contributed by atoms with Crippen LogP contribution in [0.5, 0.6) is 5.75 Å². The molecule has 1 rings (SSSR count). The predicted molar refractivity (Wildman–Crippen MR) is 86.5 cm³/mol. The summed E-state index contributed by atoms with van der Waals surface area (Å²) in [6.45, 7) is 3.97. The van der Waals surface area contributed by atoms with E-state index >= 15 is 0 Å². The van der Waals surface area contributed by atoms with Gasteiger partial charge in [-0.15, -0.1) is 0 Å². The first-order valence-electron chi connectivity index (χ1n) is 6.57. The quantitative estimate of drug-likeness (QED) is 0.573. The smallest absolute Gasteiger partial charge is 0.496 e. The molecule has 0 N–H and O–H groups in total. The average Bonchev–Trinajstić information content (AvgIpc) is 2.49. The lowest BCUT2D eigenvalue weighted by molar-refractivity contribution is 0.212. The Balaban J connectivity index is 3.09. The zero-order valence-corrected chi connectivity index (χ0v) is 13.9. The molecule has 0 fully saturated rings. The molecule has 0 aliphatic carbocycles. The molecule has 4 nitrogen and oxygen atoms in total. The Bertz CT molecular complexity index is 606. The molecule has 0 aliphatic rings. The third kappa shape index (κ3) is 3.91. The highest BCUT2D eigenvalue weighted by atomic mass is 28.4. The zero-order chi connectivity index (χ0) is 16.6. The number of benzene rings is 1. The van der Waals surface area contributed by atoms with Crippen LogP contribution < -0.4 is 4.74 Å². The van der Waals surface area contributed by atoms with E-state index in [1.807, 2.05) is 26.0 Å². The summed E-state index contributed by atoms with van der Waals surface area (Å²) in [6.07, 6.45) is 22.3. The van der Waals surface area contributed by atoms with Gasteiger partial charge in [-0.3, -0.25) is 0 Å². The van der Waals surface area contributed by atoms with Crippen molar-refractivity contribution in [3.63, 3.8) is 0 Å². The van der Waals surface area contributed by atoms with Gasteiger partial charge in [0.15, 0.2) is 0 Å². The second-order valence-corrected chi connectivity index (χ2v) is 7.03. The first-order chi connectivity index (χ1) is 10.5. The molecule has 0 aliphatic heterocycles. The van der Waals surface area contributed by atoms with Crippen molar-refractivity contribution in [2.24, 2.45) is 0 Å². The van der Waals surface area contributed by atoms with Gasteiger partial charge in [-0.05, 0) is 37.0 Å². The Morgan fingerprint density at radius 3 is 1.91 bits per heavy atom. The van der Waals surface area contributed by atoms with Gasteiger partial charge in [0.05, 0.1) is 31.5 Å². The predicted octanol–water partition coefficient (Wildman–Crippen LogP) is 2.62. The van der Waals surface area contributed by atoms with Crippen LogP contribution >= 0.6 is 0 Å². The van der Waals surface area contributed by atoms with E-state index in [4.69, 9.17) is 37.3 Å². The molecule has 114 valence electrons. The number of hydrogen-bond acceptors (Lipinski definition) is 4. The lowest BCUT2D eigenvalue weighted by Crippen LogP contribution is -2.42. The molecule has 0 heterocycles. The first-order valence-corrected chi connectivity index (χ1v) is 8.50. The zero-order valence-electron chi connectivity index (χ0n) is 12.9. The van der Waals surface area contributed by atoms with Crippen LogP contribution in [0.2, 0.25) is 6.04 Å². The maximum atomic E-state index is 5.47. The van der Waals surface area contributed by atoms with E-state index in [1.54, 1.807) is 7.11 Å². The first kappa shape index (κ1) is 17.4. The fourth-order valence-electron chi connectivity index (χ4n) is 2.20. The molecule has 0 aromatic heterocycles. The summed E-state index contributed by atoms with van der Waals surface area (Å²) in [6, 6.07) is 4.35. The highest BCUT2D eigenvalue weighted by Crippen LogP contribution is 2.30. The van der Waals surface area contributed by atoms with Gasteiger partial charge in [0.1, 0.15) is 5.75 Å². The Hall–Kier alpha value is -2.68. The van der Waals surface area contributed by atoms with Crippen LogP contribution in [-0.4, -0.2) is 15.9 Å². The van der Waals surface area contributed by atoms with E-state index in [-0.39, 0.29) is 0 Å². The van der Waals surface area contributed by atoms with Crippen molar-refractivity contribution in [1.29, 1.82) is 0 Å². The van der Waals surface area contributed by atoms with Crippen LogP contribution in [0, 0.1) is 51.4 Å². The maximum absolute atomic E-state index is 5.47. The van der Waals surface area contributed by atoms with E-state index in [2.05, 4.69) is 18.3 Å². The van der Waals surface area contributed by atoms with Crippen LogP contribution in [0.15, 0.2) is 12.1 Å². The number of hydrogen-bond donors (Lipinski definition) is 0. The third-order valence-electron chi connectivity index (χ3n) is 3.22. The van der Waals surface area contributed by atoms with Gasteiger partial charge < -0.3 is 18.0 Å². The molecule has 0 amide bonds. The molecular weight excluding hydrogens is 296 g/mol. The highest BCUT2D eigenvalue weighted by Gasteiger charge is 2.48. The average molecular weight is 314 g/mol. The lowest BCUT2D eigenvalue weighted by Gasteiger charge is -2.22. The molecule has 0 saturated heterocycles. The van der Waals surface area contributed by atoms with Gasteiger partial charge in [0.2, 0.25) is 0 Å². The van der Waals surface area contributed by atoms with Crippen molar-refractivity contribution in [1.82, 2.24) is 0 Å². The molecule has 0 radical (unpaired) electrons. The molecule has 5 heteroatoms. The third-order valence-corrected chi connectivity index (χ3v) is 5.37. The second-order valence-electron chi connectivity index (χ2n) is 4.55. The topological polar surface area (TPSA) is 36.9 Å². The largest absolute Gasteiger partial charge is 0.725 e. The van der Waals surface area contributed by atoms with Crippen LogP contribution in [0.4, 0.5) is 0 Å². The fourth-order valence-corrected chi connectivity index (χ4v) is 3.73. The van der Waals surface area contributed by atoms with Crippen LogP contribution in [0.3, 0.4) is 0 Å². The second kappa shape index (κ2) is 7.93. The van der Waals surface area contributed by atoms with Gasteiger partial charge in [0.25, 0.3) is 0 Å². The summed E-state index contributed by atoms with van der Waals surface area (Å²) < 4.78 is 21.0. The molecule has 22 heavy (non-hydrogen) atoms. The summed E-state index contributed by atoms with van der Waals surface area (Å²) in [7, 11) is -1.69. The summed E-state index contributed by atoms with van der Waals surface area (Å²) in [5.41, 5.74) is 3.12. The Labute approximate surface area is 133 Å². The molecule has 0 bridgehead atoms. The van der Waals surface area contributed by atoms with Crippen LogP contribution in [0.25, 0.3) is 0 Å². The molecule has 0 atom stereocenters. The monoisotopic (exact) mass is 314 g/mol. The van der Waals surface area contributed by atoms with Crippen LogP contribution in [-0.2, 0) is 19.7 Å². The number of aryl methyl sites for hydroxylation is 2. The number of rotatable bonds is 7. The summed E-state index contributed by atoms with van der Waals surface area (Å²) in [4.78, 5) is 0. The van der Waals surface area contributed by atoms with Gasteiger partial charge in [-0.25, -0.2) is 0 Å². The molecule has 1 aromatic rings. The lowest BCUT2D eigenvalue weighted by atomic mass is 10.0. The Kier molecular flexibility index (Phi) is 6.26. The van der Waals surface area contributed by atoms with Crippen molar-refractivity contribution in [3.05, 3.63) is 28.8 Å². The minimum absolute atomic E-state index is 0.340. The molecular formula is C17H18O4Si. The minimum Gasteiger partial charge on any atom is -0.496 e. The molecule has 0 spiro atoms. The summed E-state index contributed by atoms with van der Waals surface area (Å²) >= 11 is 0. The van der Waals surface area contributed by atoms with Gasteiger partial charge in [-0.1, -0.05) is 31.4 Å². The maximum Gasteiger partial charge on any atom is 0.725 e. The Morgan fingerprint density at radius 2 is 1.45 bits per heavy atom. The Morgan fingerprint density at radius 1 is 0.955 bits per heavy atom. The van der Waals surface area contributed by atoms with Crippen LogP contribution in [0.1, 0.15) is 16.7 Å². The fraction of sp³-hybridized carbons (Fsp3) is 0.294. The summed E-state index contributed by atoms with van der Waals surface area (Å²) in [5.74, 6) is 0.810. The van der Waals surface area contributed by atoms with Crippen molar-refractivity contribution >= 4 is 8.80 Å². The highest BCUT2D eigenvalue weighted by molar-refractivity contribution is 6.61. The van der Waals surface area contributed by atoms with E-state index < -0.39 is 8.80 Å². The number of methoxy groups -OCH3 is 1. The van der Waals surface area contributed by atoms with Crippen molar-refractivity contribution < 1.29 is 18.0 Å². The SMILES string of the molecule is C#CO[Si](CCc1c(C)ccc(C)c1OC)(OC#C)OC#C. The molecule has 0 saturated carbocycles. The van der Waals surface area contributed by atoms with Crippen molar-refractivity contribution in [3.8, 4) is 43.3 Å². The van der Waals surface area contributed by atoms with E-state index in [1.165, 1.54) is 0 Å². The standard InChI is InChI=1S/C17H18O4Si/c1-7-19-22(20-8-2,21-9-3)13-12-16-14(4)10-11-15(5)17(16)18-6/h1-3,10-11H,12-13H2,4-6H3. The summed E-state index contributed by atoms with van der Waals surface area (Å²) in [5, 5.41) is 0. The molecule has 1 aromatic carbocycles. The molecule has 0 unspecified atom stereocenters. The van der Waals surface area contributed by atoms with Gasteiger partial charge >= 0.3 is 8.80 Å². The van der Waals surface area contributed by atoms with Crippen molar-refractivity contribution in [2.75, 3.05) is 7.11 Å². The number of ether oxygens (including phenoxy) is 1. The normalized spacial score (nSPS) is 9.82. The van der Waals surface area contributed by atoms with E-state index in [0.29, 0.717) is 12.5 Å². The van der Waals surface area contributed by atoms with Gasteiger partial charge in [-0.2, -0.15) is 0 Å². The van der Waals surface area contributed by atoms with Gasteiger partial charge in [0, 0.05) is 0 Å². The van der Waals surface area contributed by atoms with E-state index in [9.17, 15) is 0 Å².